The van der Waals surface area contributed by atoms with Gasteiger partial charge in [-0.3, -0.25) is 0 Å². The molecule has 0 amide bonds. The average molecular weight is 400 g/mol. The molecule has 7 nitrogen and oxygen atoms in total. The fraction of sp³-hybridized carbons (Fsp3) is 0.200. The second-order valence-corrected chi connectivity index (χ2v) is 8.10. The van der Waals surface area contributed by atoms with Crippen LogP contribution in [0, 0.1) is 0 Å². The summed E-state index contributed by atoms with van der Waals surface area (Å²) in [5.41, 5.74) is 1.41. The first-order valence-electron chi connectivity index (χ1n) is 8.64. The highest BCUT2D eigenvalue weighted by Crippen LogP contribution is 2.19. The van der Waals surface area contributed by atoms with Crippen molar-refractivity contribution in [3.63, 3.8) is 0 Å². The Kier molecular flexibility index (Phi) is 5.91. The normalized spacial score (nSPS) is 11.5. The molecule has 1 aromatic heterocycles. The van der Waals surface area contributed by atoms with E-state index in [1.54, 1.807) is 13.8 Å². The van der Waals surface area contributed by atoms with Gasteiger partial charge in [0.15, 0.2) is 0 Å². The van der Waals surface area contributed by atoms with E-state index in [0.717, 1.165) is 5.56 Å². The van der Waals surface area contributed by atoms with Crippen LogP contribution in [0.4, 0.5) is 0 Å². The molecule has 0 fully saturated rings. The van der Waals surface area contributed by atoms with Crippen molar-refractivity contribution in [2.45, 2.75) is 31.4 Å². The molecule has 0 aliphatic rings. The number of carbonyl (C=O) groups excluding carboxylic acids is 1. The third kappa shape index (κ3) is 4.85. The van der Waals surface area contributed by atoms with Gasteiger partial charge >= 0.3 is 5.97 Å². The predicted molar refractivity (Wildman–Crippen MR) is 103 cm³/mol. The largest absolute Gasteiger partial charge is 0.455 e. The van der Waals surface area contributed by atoms with Crippen molar-refractivity contribution in [2.24, 2.45) is 0 Å². The number of nitrogens with zero attached hydrogens (tertiary/aromatic N) is 1. The Morgan fingerprint density at radius 2 is 1.89 bits per heavy atom. The van der Waals surface area contributed by atoms with E-state index in [-0.39, 0.29) is 23.1 Å². The molecular formula is C20H20N2O5S. The minimum Gasteiger partial charge on any atom is -0.455 e. The van der Waals surface area contributed by atoms with E-state index in [1.807, 2.05) is 30.3 Å². The monoisotopic (exact) mass is 400 g/mol. The lowest BCUT2D eigenvalue weighted by molar-refractivity contribution is 0.0467. The Morgan fingerprint density at radius 1 is 1.14 bits per heavy atom. The summed E-state index contributed by atoms with van der Waals surface area (Å²) in [7, 11) is -3.70. The van der Waals surface area contributed by atoms with Gasteiger partial charge in [0.25, 0.3) is 0 Å². The first-order valence-corrected chi connectivity index (χ1v) is 10.1. The van der Waals surface area contributed by atoms with Crippen LogP contribution in [0.5, 0.6) is 0 Å². The van der Waals surface area contributed by atoms with E-state index in [2.05, 4.69) is 9.71 Å². The van der Waals surface area contributed by atoms with Crippen LogP contribution >= 0.6 is 0 Å². The highest BCUT2D eigenvalue weighted by molar-refractivity contribution is 7.89. The summed E-state index contributed by atoms with van der Waals surface area (Å²) in [6.07, 6.45) is 1.42. The lowest BCUT2D eigenvalue weighted by Gasteiger charge is -2.10. The van der Waals surface area contributed by atoms with Crippen molar-refractivity contribution in [3.05, 3.63) is 72.1 Å². The molecule has 0 bridgehead atoms. The molecule has 0 radical (unpaired) electrons. The van der Waals surface area contributed by atoms with Gasteiger partial charge in [0.2, 0.25) is 15.9 Å². The van der Waals surface area contributed by atoms with Gasteiger partial charge in [-0.1, -0.05) is 24.3 Å². The molecule has 0 unspecified atom stereocenters. The second-order valence-electron chi connectivity index (χ2n) is 6.39. The number of aromatic nitrogens is 1. The third-order valence-corrected chi connectivity index (χ3v) is 5.35. The van der Waals surface area contributed by atoms with Crippen molar-refractivity contribution in [1.82, 2.24) is 9.71 Å². The molecule has 1 heterocycles. The van der Waals surface area contributed by atoms with Crippen molar-refractivity contribution in [3.8, 4) is 11.5 Å². The molecule has 0 aliphatic carbocycles. The average Bonchev–Trinajstić information content (AvgIpc) is 3.15. The molecule has 0 aliphatic heterocycles. The summed E-state index contributed by atoms with van der Waals surface area (Å²) in [5.74, 6) is -0.217. The topological polar surface area (TPSA) is 98.5 Å². The number of hydrogen-bond donors (Lipinski definition) is 1. The van der Waals surface area contributed by atoms with Crippen LogP contribution in [0.15, 0.2) is 70.2 Å². The Labute approximate surface area is 163 Å². The Bertz CT molecular complexity index is 1060. The van der Waals surface area contributed by atoms with E-state index < -0.39 is 16.0 Å². The number of esters is 1. The molecular weight excluding hydrogens is 380 g/mol. The van der Waals surface area contributed by atoms with Crippen LogP contribution in [0.1, 0.15) is 29.9 Å². The number of nitrogens with one attached hydrogen (secondary N) is 1. The van der Waals surface area contributed by atoms with Gasteiger partial charge in [-0.15, -0.1) is 0 Å². The highest BCUT2D eigenvalue weighted by Gasteiger charge is 2.18. The minimum absolute atomic E-state index is 0.00319. The molecule has 0 atom stereocenters. The van der Waals surface area contributed by atoms with Crippen LogP contribution in [-0.2, 0) is 21.4 Å². The van der Waals surface area contributed by atoms with E-state index in [1.165, 1.54) is 30.5 Å². The minimum atomic E-state index is -3.70. The van der Waals surface area contributed by atoms with Crippen molar-refractivity contribution < 1.29 is 22.4 Å². The van der Waals surface area contributed by atoms with Crippen LogP contribution in [0.3, 0.4) is 0 Å². The zero-order valence-electron chi connectivity index (χ0n) is 15.5. The van der Waals surface area contributed by atoms with Crippen molar-refractivity contribution >= 4 is 16.0 Å². The number of carbonyl (C=O) groups is 1. The quantitative estimate of drug-likeness (QED) is 0.611. The van der Waals surface area contributed by atoms with Gasteiger partial charge in [0, 0.05) is 11.6 Å². The standard InChI is InChI=1S/C20H20N2O5S/c1-14(2)22-28(24,25)18-10-6-9-16(11-18)20(23)27-13-17-12-26-19(21-17)15-7-4-3-5-8-15/h3-12,14,22H,13H2,1-2H3. The van der Waals surface area contributed by atoms with Gasteiger partial charge in [-0.2, -0.15) is 0 Å². The Morgan fingerprint density at radius 3 is 2.61 bits per heavy atom. The molecule has 3 rings (SSSR count). The van der Waals surface area contributed by atoms with Crippen molar-refractivity contribution in [1.29, 1.82) is 0 Å². The highest BCUT2D eigenvalue weighted by atomic mass is 32.2. The maximum Gasteiger partial charge on any atom is 0.338 e. The van der Waals surface area contributed by atoms with E-state index in [9.17, 15) is 13.2 Å². The Hall–Kier alpha value is -2.97. The number of hydrogen-bond acceptors (Lipinski definition) is 6. The van der Waals surface area contributed by atoms with Gasteiger partial charge < -0.3 is 9.15 Å². The molecule has 8 heteroatoms. The lowest BCUT2D eigenvalue weighted by Crippen LogP contribution is -2.30. The van der Waals surface area contributed by atoms with Crippen LogP contribution < -0.4 is 4.72 Å². The summed E-state index contributed by atoms with van der Waals surface area (Å²) in [6.45, 7) is 3.35. The zero-order chi connectivity index (χ0) is 20.1. The van der Waals surface area contributed by atoms with Crippen LogP contribution in [0.2, 0.25) is 0 Å². The first-order chi connectivity index (χ1) is 13.3. The number of benzene rings is 2. The van der Waals surface area contributed by atoms with E-state index in [0.29, 0.717) is 11.6 Å². The third-order valence-electron chi connectivity index (χ3n) is 3.69. The predicted octanol–water partition coefficient (Wildman–Crippen LogP) is 3.39. The lowest BCUT2D eigenvalue weighted by atomic mass is 10.2. The van der Waals surface area contributed by atoms with Crippen molar-refractivity contribution in [2.75, 3.05) is 0 Å². The number of sulfonamides is 1. The SMILES string of the molecule is CC(C)NS(=O)(=O)c1cccc(C(=O)OCc2coc(-c3ccccc3)n2)c1. The molecule has 0 saturated heterocycles. The number of oxazole rings is 1. The Balaban J connectivity index is 1.67. The zero-order valence-corrected chi connectivity index (χ0v) is 16.3. The summed E-state index contributed by atoms with van der Waals surface area (Å²) >= 11 is 0. The second kappa shape index (κ2) is 8.37. The molecule has 28 heavy (non-hydrogen) atoms. The molecule has 146 valence electrons. The van der Waals surface area contributed by atoms with E-state index in [4.69, 9.17) is 9.15 Å². The maximum atomic E-state index is 12.3. The summed E-state index contributed by atoms with van der Waals surface area (Å²) in [6, 6.07) is 14.8. The first kappa shape index (κ1) is 19.8. The van der Waals surface area contributed by atoms with Gasteiger partial charge in [0.05, 0.1) is 10.5 Å². The molecule has 1 N–H and O–H groups in total. The number of ether oxygens (including phenoxy) is 1. The number of rotatable bonds is 7. The summed E-state index contributed by atoms with van der Waals surface area (Å²) in [4.78, 5) is 16.6. The fourth-order valence-electron chi connectivity index (χ4n) is 2.48. The summed E-state index contributed by atoms with van der Waals surface area (Å²) in [5, 5.41) is 0. The van der Waals surface area contributed by atoms with Gasteiger partial charge in [-0.25, -0.2) is 22.9 Å². The smallest absolute Gasteiger partial charge is 0.338 e. The molecule has 0 saturated carbocycles. The van der Waals surface area contributed by atoms with Gasteiger partial charge in [-0.05, 0) is 44.2 Å². The summed E-state index contributed by atoms with van der Waals surface area (Å²) < 4.78 is 37.6. The van der Waals surface area contributed by atoms with Crippen LogP contribution in [-0.4, -0.2) is 25.4 Å². The van der Waals surface area contributed by atoms with Crippen LogP contribution in [0.25, 0.3) is 11.5 Å². The van der Waals surface area contributed by atoms with Gasteiger partial charge in [0.1, 0.15) is 18.6 Å². The fourth-order valence-corrected chi connectivity index (χ4v) is 3.77. The van der Waals surface area contributed by atoms with E-state index >= 15 is 0 Å². The molecule has 0 spiro atoms. The molecule has 2 aromatic carbocycles. The molecule has 3 aromatic rings. The maximum absolute atomic E-state index is 12.3.